The summed E-state index contributed by atoms with van der Waals surface area (Å²) in [7, 11) is 1.60. The molecule has 0 fully saturated rings. The van der Waals surface area contributed by atoms with E-state index >= 15 is 0 Å². The van der Waals surface area contributed by atoms with Crippen LogP contribution in [0.15, 0.2) is 12.7 Å². The van der Waals surface area contributed by atoms with Crippen LogP contribution >= 0.6 is 0 Å². The summed E-state index contributed by atoms with van der Waals surface area (Å²) in [5.41, 5.74) is 0. The number of carboxylic acids is 1. The van der Waals surface area contributed by atoms with Gasteiger partial charge in [-0.1, -0.05) is 12.7 Å². The molecule has 0 aromatic heterocycles. The molecule has 0 saturated carbocycles. The Morgan fingerprint density at radius 3 is 1.97 bits per heavy atom. The summed E-state index contributed by atoms with van der Waals surface area (Å²) in [4.78, 5) is 35.9. The Bertz CT molecular complexity index is 471. The largest absolute Gasteiger partial charge is 0.481 e. The first-order chi connectivity index (χ1) is 14.0. The van der Waals surface area contributed by atoms with Gasteiger partial charge >= 0.3 is 11.9 Å². The average molecular weight is 419 g/mol. The van der Waals surface area contributed by atoms with Crippen molar-refractivity contribution in [1.29, 1.82) is 0 Å². The van der Waals surface area contributed by atoms with Crippen LogP contribution in [-0.2, 0) is 38.1 Å². The predicted molar refractivity (Wildman–Crippen MR) is 104 cm³/mol. The number of rotatable bonds is 20. The third-order valence-electron chi connectivity index (χ3n) is 3.53. The van der Waals surface area contributed by atoms with E-state index in [2.05, 4.69) is 6.58 Å². The number of hydrogen-bond donors (Lipinski definition) is 1. The lowest BCUT2D eigenvalue weighted by Gasteiger charge is -2.21. The van der Waals surface area contributed by atoms with Gasteiger partial charge in [-0.3, -0.25) is 14.4 Å². The van der Waals surface area contributed by atoms with Gasteiger partial charge in [0.1, 0.15) is 6.61 Å². The molecule has 0 unspecified atom stereocenters. The minimum absolute atomic E-state index is 0.0135. The Balaban J connectivity index is 3.95. The standard InChI is InChI=1S/C19H33NO9/c1-3-9-29-19(24)5-8-20(7-4-18(22)23)17(21)6-10-26-13-14-28-16-15-27-12-11-25-2/h3H,1,4-16H2,2H3,(H,22,23). The van der Waals surface area contributed by atoms with Gasteiger partial charge < -0.3 is 33.7 Å². The Hall–Kier alpha value is -2.01. The van der Waals surface area contributed by atoms with Crippen LogP contribution in [0.3, 0.4) is 0 Å². The number of hydrogen-bond acceptors (Lipinski definition) is 8. The van der Waals surface area contributed by atoms with Crippen LogP contribution < -0.4 is 0 Å². The summed E-state index contributed by atoms with van der Waals surface area (Å²) in [6.07, 6.45) is 1.32. The van der Waals surface area contributed by atoms with E-state index in [0.717, 1.165) is 0 Å². The van der Waals surface area contributed by atoms with Crippen LogP contribution in [0, 0.1) is 0 Å². The first kappa shape index (κ1) is 27.0. The van der Waals surface area contributed by atoms with Gasteiger partial charge in [-0.2, -0.15) is 0 Å². The molecule has 0 saturated heterocycles. The number of ether oxygens (including phenoxy) is 5. The molecule has 0 bridgehead atoms. The summed E-state index contributed by atoms with van der Waals surface area (Å²) in [5, 5.41) is 8.82. The molecule has 0 radical (unpaired) electrons. The summed E-state index contributed by atoms with van der Waals surface area (Å²) in [6, 6.07) is 0. The molecule has 10 nitrogen and oxygen atoms in total. The zero-order valence-corrected chi connectivity index (χ0v) is 17.1. The molecule has 0 spiro atoms. The van der Waals surface area contributed by atoms with Crippen LogP contribution in [0.5, 0.6) is 0 Å². The number of aliphatic carboxylic acids is 1. The van der Waals surface area contributed by atoms with E-state index in [9.17, 15) is 14.4 Å². The second-order valence-corrected chi connectivity index (χ2v) is 5.83. The highest BCUT2D eigenvalue weighted by Crippen LogP contribution is 2.01. The van der Waals surface area contributed by atoms with Gasteiger partial charge in [0.25, 0.3) is 0 Å². The van der Waals surface area contributed by atoms with Crippen molar-refractivity contribution >= 4 is 17.8 Å². The maximum Gasteiger partial charge on any atom is 0.307 e. The van der Waals surface area contributed by atoms with Gasteiger partial charge in [-0.25, -0.2) is 0 Å². The molecule has 168 valence electrons. The summed E-state index contributed by atoms with van der Waals surface area (Å²) in [5.74, 6) is -1.77. The molecule has 0 aliphatic carbocycles. The molecule has 1 amide bonds. The van der Waals surface area contributed by atoms with Gasteiger partial charge in [-0.05, 0) is 0 Å². The lowest BCUT2D eigenvalue weighted by molar-refractivity contribution is -0.143. The van der Waals surface area contributed by atoms with E-state index in [0.29, 0.717) is 39.6 Å². The minimum Gasteiger partial charge on any atom is -0.481 e. The third-order valence-corrected chi connectivity index (χ3v) is 3.53. The number of nitrogens with zero attached hydrogens (tertiary/aromatic N) is 1. The third kappa shape index (κ3) is 17.8. The fraction of sp³-hybridized carbons (Fsp3) is 0.737. The van der Waals surface area contributed by atoms with E-state index in [-0.39, 0.29) is 51.5 Å². The number of methoxy groups -OCH3 is 1. The minimum atomic E-state index is -1.02. The highest BCUT2D eigenvalue weighted by atomic mass is 16.6. The van der Waals surface area contributed by atoms with Gasteiger partial charge in [0.2, 0.25) is 5.91 Å². The van der Waals surface area contributed by atoms with Crippen LogP contribution in [0.25, 0.3) is 0 Å². The van der Waals surface area contributed by atoms with E-state index in [4.69, 9.17) is 28.8 Å². The fourth-order valence-electron chi connectivity index (χ4n) is 2.04. The van der Waals surface area contributed by atoms with Crippen LogP contribution in [-0.4, -0.2) is 101 Å². The van der Waals surface area contributed by atoms with Gasteiger partial charge in [0.15, 0.2) is 0 Å². The van der Waals surface area contributed by atoms with Crippen molar-refractivity contribution in [3.05, 3.63) is 12.7 Å². The van der Waals surface area contributed by atoms with E-state index in [1.807, 2.05) is 0 Å². The quantitative estimate of drug-likeness (QED) is 0.171. The molecular formula is C19H33NO9. The summed E-state index contributed by atoms with van der Waals surface area (Å²) < 4.78 is 25.6. The molecule has 0 aliphatic heterocycles. The Kier molecular flexibility index (Phi) is 18.0. The van der Waals surface area contributed by atoms with Crippen LogP contribution in [0.2, 0.25) is 0 Å². The normalized spacial score (nSPS) is 10.5. The SMILES string of the molecule is C=CCOC(=O)CCN(CCC(=O)O)C(=O)CCOCCOCCOCCOC. The van der Waals surface area contributed by atoms with E-state index < -0.39 is 11.9 Å². The maximum absolute atomic E-state index is 12.3. The molecule has 0 rings (SSSR count). The molecule has 1 N–H and O–H groups in total. The van der Waals surface area contributed by atoms with Crippen molar-refractivity contribution in [3.63, 3.8) is 0 Å². The van der Waals surface area contributed by atoms with Crippen molar-refractivity contribution in [2.75, 3.05) is 73.1 Å². The number of carboxylic acid groups (broad SMARTS) is 1. The van der Waals surface area contributed by atoms with Crippen molar-refractivity contribution in [2.45, 2.75) is 19.3 Å². The second-order valence-electron chi connectivity index (χ2n) is 5.83. The monoisotopic (exact) mass is 419 g/mol. The zero-order chi connectivity index (χ0) is 21.7. The van der Waals surface area contributed by atoms with Crippen LogP contribution in [0.1, 0.15) is 19.3 Å². The maximum atomic E-state index is 12.3. The summed E-state index contributed by atoms with van der Waals surface area (Å²) in [6.45, 7) is 6.50. The van der Waals surface area contributed by atoms with Gasteiger partial charge in [0.05, 0.1) is 65.5 Å². The molecule has 29 heavy (non-hydrogen) atoms. The lowest BCUT2D eigenvalue weighted by Crippen LogP contribution is -2.35. The molecule has 0 heterocycles. The second kappa shape index (κ2) is 19.3. The summed E-state index contributed by atoms with van der Waals surface area (Å²) >= 11 is 0. The van der Waals surface area contributed by atoms with Crippen molar-refractivity contribution in [3.8, 4) is 0 Å². The first-order valence-corrected chi connectivity index (χ1v) is 9.49. The first-order valence-electron chi connectivity index (χ1n) is 9.49. The lowest BCUT2D eigenvalue weighted by atomic mass is 10.3. The number of carbonyl (C=O) groups is 3. The number of amides is 1. The van der Waals surface area contributed by atoms with Crippen molar-refractivity contribution in [2.24, 2.45) is 0 Å². The molecule has 0 aromatic carbocycles. The van der Waals surface area contributed by atoms with Crippen molar-refractivity contribution in [1.82, 2.24) is 4.90 Å². The van der Waals surface area contributed by atoms with Gasteiger partial charge in [-0.15, -0.1) is 0 Å². The Morgan fingerprint density at radius 1 is 0.862 bits per heavy atom. The fourth-order valence-corrected chi connectivity index (χ4v) is 2.04. The zero-order valence-electron chi connectivity index (χ0n) is 17.1. The number of esters is 1. The molecule has 0 aliphatic rings. The average Bonchev–Trinajstić information content (AvgIpc) is 2.70. The Morgan fingerprint density at radius 2 is 1.41 bits per heavy atom. The predicted octanol–water partition coefficient (Wildman–Crippen LogP) is 0.495. The van der Waals surface area contributed by atoms with Crippen LogP contribution in [0.4, 0.5) is 0 Å². The Labute approximate surface area is 171 Å². The topological polar surface area (TPSA) is 121 Å². The van der Waals surface area contributed by atoms with Gasteiger partial charge in [0, 0.05) is 20.2 Å². The molecule has 0 atom stereocenters. The highest BCUT2D eigenvalue weighted by molar-refractivity contribution is 5.78. The smallest absolute Gasteiger partial charge is 0.307 e. The van der Waals surface area contributed by atoms with E-state index in [1.165, 1.54) is 11.0 Å². The van der Waals surface area contributed by atoms with E-state index in [1.54, 1.807) is 7.11 Å². The number of carbonyl (C=O) groups excluding carboxylic acids is 2. The highest BCUT2D eigenvalue weighted by Gasteiger charge is 2.16. The molecular weight excluding hydrogens is 386 g/mol. The van der Waals surface area contributed by atoms with Crippen molar-refractivity contribution < 1.29 is 43.2 Å². The molecule has 10 heteroatoms. The molecule has 0 aromatic rings.